The highest BCUT2D eigenvalue weighted by Gasteiger charge is 2.57. The minimum absolute atomic E-state index is 0.0495. The van der Waals surface area contributed by atoms with Gasteiger partial charge >= 0.3 is 5.97 Å². The molecule has 2 aromatic heterocycles. The molecule has 9 nitrogen and oxygen atoms in total. The maximum Gasteiger partial charge on any atom is 0.306 e. The first-order chi connectivity index (χ1) is 21.3. The number of aryl methyl sites for hydroxylation is 1. The lowest BCUT2D eigenvalue weighted by molar-refractivity contribution is -0.331. The zero-order chi connectivity index (χ0) is 35.0. The Morgan fingerprint density at radius 1 is 0.848 bits per heavy atom. The Labute approximate surface area is 273 Å². The highest BCUT2D eigenvalue weighted by Crippen LogP contribution is 2.49. The van der Waals surface area contributed by atoms with Crippen LogP contribution in [-0.2, 0) is 25.5 Å². The van der Waals surface area contributed by atoms with Crippen molar-refractivity contribution in [3.8, 4) is 0 Å². The summed E-state index contributed by atoms with van der Waals surface area (Å²) in [4.78, 5) is 52.4. The molecule has 0 radical (unpaired) electrons. The van der Waals surface area contributed by atoms with Gasteiger partial charge in [-0.3, -0.25) is 19.2 Å². The third-order valence-corrected chi connectivity index (χ3v) is 10.2. The molecule has 0 amide bonds. The fourth-order valence-corrected chi connectivity index (χ4v) is 7.08. The topological polar surface area (TPSA) is 133 Å². The standard InChI is InChI=1S/C37H54O9/c1-14-27(38)18(5)32-20(7)31(41)21(8)33(45-32)23(10)34-24(11)36(44-29(39)16-17(3)4)26(13)37(42,46-34)25(12)35-22(9)30(40)19(6)28(15-2)43-35/h17-18,23-26,34,36,42H,14-16H2,1-13H3/t18-,23-,24+,25-,26-,34-,36-,37+/m0/s1. The molecule has 2 aromatic rings. The van der Waals surface area contributed by atoms with Crippen LogP contribution in [0, 0.1) is 45.4 Å². The van der Waals surface area contributed by atoms with Gasteiger partial charge in [-0.15, -0.1) is 0 Å². The van der Waals surface area contributed by atoms with Crippen molar-refractivity contribution in [3.63, 3.8) is 0 Å². The van der Waals surface area contributed by atoms with E-state index in [0.717, 1.165) is 0 Å². The van der Waals surface area contributed by atoms with Gasteiger partial charge in [-0.25, -0.2) is 0 Å². The van der Waals surface area contributed by atoms with Crippen LogP contribution in [0.3, 0.4) is 0 Å². The Hall–Kier alpha value is -3.04. The summed E-state index contributed by atoms with van der Waals surface area (Å²) in [5.41, 5.74) is 1.30. The average Bonchev–Trinajstić information content (AvgIpc) is 3.01. The van der Waals surface area contributed by atoms with Crippen molar-refractivity contribution in [1.82, 2.24) is 0 Å². The molecular weight excluding hydrogens is 588 g/mol. The monoisotopic (exact) mass is 642 g/mol. The van der Waals surface area contributed by atoms with Crippen LogP contribution in [-0.4, -0.2) is 34.9 Å². The van der Waals surface area contributed by atoms with Crippen LogP contribution in [0.5, 0.6) is 0 Å². The molecule has 0 saturated carbocycles. The molecule has 0 aromatic carbocycles. The molecule has 1 aliphatic heterocycles. The second-order valence-electron chi connectivity index (χ2n) is 13.8. The Morgan fingerprint density at radius 3 is 1.93 bits per heavy atom. The van der Waals surface area contributed by atoms with Gasteiger partial charge < -0.3 is 23.4 Å². The molecule has 256 valence electrons. The van der Waals surface area contributed by atoms with Crippen molar-refractivity contribution in [1.29, 1.82) is 0 Å². The van der Waals surface area contributed by atoms with Crippen LogP contribution in [0.2, 0.25) is 0 Å². The summed E-state index contributed by atoms with van der Waals surface area (Å²) >= 11 is 0. The SMILES string of the molecule is CCC(=O)[C@H](C)c1oc([C@H](C)[C@@H]2O[C@](O)([C@@H](C)c3oc(CC)c(C)c(=O)c3C)[C@@H](C)[C@@H](OC(=O)CC(C)C)[C@@H]2C)c(C)c(=O)c1C. The Morgan fingerprint density at radius 2 is 1.39 bits per heavy atom. The second kappa shape index (κ2) is 14.4. The first kappa shape index (κ1) is 37.4. The number of aliphatic hydroxyl groups is 1. The predicted molar refractivity (Wildman–Crippen MR) is 176 cm³/mol. The lowest BCUT2D eigenvalue weighted by Gasteiger charge is -2.52. The first-order valence-electron chi connectivity index (χ1n) is 16.7. The second-order valence-corrected chi connectivity index (χ2v) is 13.8. The van der Waals surface area contributed by atoms with Gasteiger partial charge in [0, 0.05) is 59.3 Å². The molecule has 0 bridgehead atoms. The summed E-state index contributed by atoms with van der Waals surface area (Å²) in [6.07, 6.45) is -0.574. The van der Waals surface area contributed by atoms with E-state index in [2.05, 4.69) is 0 Å². The van der Waals surface area contributed by atoms with E-state index in [1.165, 1.54) is 0 Å². The molecule has 1 N–H and O–H groups in total. The quantitative estimate of drug-likeness (QED) is 0.266. The van der Waals surface area contributed by atoms with Gasteiger partial charge in [0.25, 0.3) is 0 Å². The lowest BCUT2D eigenvalue weighted by atomic mass is 9.72. The molecule has 0 aliphatic carbocycles. The van der Waals surface area contributed by atoms with E-state index in [4.69, 9.17) is 18.3 Å². The smallest absolute Gasteiger partial charge is 0.306 e. The summed E-state index contributed by atoms with van der Waals surface area (Å²) < 4.78 is 25.5. The highest BCUT2D eigenvalue weighted by molar-refractivity contribution is 5.84. The number of carbonyl (C=O) groups is 2. The average molecular weight is 643 g/mol. The molecule has 0 spiro atoms. The summed E-state index contributed by atoms with van der Waals surface area (Å²) in [5.74, 6) is -4.02. The molecule has 9 heteroatoms. The van der Waals surface area contributed by atoms with E-state index in [-0.39, 0.29) is 34.9 Å². The molecule has 1 fully saturated rings. The maximum atomic E-state index is 13.5. The van der Waals surface area contributed by atoms with Gasteiger partial charge in [0.2, 0.25) is 0 Å². The maximum absolute atomic E-state index is 13.5. The van der Waals surface area contributed by atoms with Crippen molar-refractivity contribution in [3.05, 3.63) is 65.7 Å². The van der Waals surface area contributed by atoms with Crippen molar-refractivity contribution >= 4 is 11.8 Å². The third kappa shape index (κ3) is 6.82. The molecule has 1 aliphatic rings. The van der Waals surface area contributed by atoms with E-state index >= 15 is 0 Å². The normalized spacial score (nSPS) is 25.3. The number of carbonyl (C=O) groups excluding carboxylic acids is 2. The van der Waals surface area contributed by atoms with Crippen LogP contribution < -0.4 is 10.9 Å². The van der Waals surface area contributed by atoms with Gasteiger partial charge in [0.15, 0.2) is 16.6 Å². The molecule has 46 heavy (non-hydrogen) atoms. The Bertz CT molecular complexity index is 1560. The number of rotatable bonds is 11. The van der Waals surface area contributed by atoms with E-state index in [9.17, 15) is 24.3 Å². The van der Waals surface area contributed by atoms with Gasteiger partial charge in [-0.05, 0) is 40.5 Å². The number of ether oxygens (including phenoxy) is 2. The molecular formula is C37H54O9. The Balaban J connectivity index is 2.22. The van der Waals surface area contributed by atoms with Gasteiger partial charge in [-0.1, -0.05) is 55.4 Å². The minimum Gasteiger partial charge on any atom is -0.465 e. The molecule has 3 heterocycles. The lowest BCUT2D eigenvalue weighted by Crippen LogP contribution is -2.61. The van der Waals surface area contributed by atoms with Crippen molar-refractivity contribution in [2.24, 2.45) is 17.8 Å². The molecule has 0 unspecified atom stereocenters. The number of Topliss-reactive ketones (excluding diaryl/α,β-unsaturated/α-hetero) is 1. The van der Waals surface area contributed by atoms with Crippen LogP contribution in [0.15, 0.2) is 18.4 Å². The van der Waals surface area contributed by atoms with Crippen molar-refractivity contribution < 1.29 is 33.0 Å². The summed E-state index contributed by atoms with van der Waals surface area (Å²) in [6.45, 7) is 23.3. The van der Waals surface area contributed by atoms with Crippen LogP contribution in [0.4, 0.5) is 0 Å². The summed E-state index contributed by atoms with van der Waals surface area (Å²) in [6, 6.07) is 0. The molecule has 1 saturated heterocycles. The van der Waals surface area contributed by atoms with Crippen LogP contribution in [0.1, 0.15) is 138 Å². The van der Waals surface area contributed by atoms with E-state index in [1.807, 2.05) is 34.6 Å². The largest absolute Gasteiger partial charge is 0.465 e. The number of hydrogen-bond acceptors (Lipinski definition) is 9. The summed E-state index contributed by atoms with van der Waals surface area (Å²) in [7, 11) is 0. The highest BCUT2D eigenvalue weighted by atomic mass is 16.6. The molecule has 8 atom stereocenters. The number of ketones is 1. The first-order valence-corrected chi connectivity index (χ1v) is 16.7. The minimum atomic E-state index is -1.94. The number of hydrogen-bond donors (Lipinski definition) is 1. The van der Waals surface area contributed by atoms with Crippen molar-refractivity contribution in [2.45, 2.75) is 145 Å². The predicted octanol–water partition coefficient (Wildman–Crippen LogP) is 6.70. The number of esters is 1. The fourth-order valence-electron chi connectivity index (χ4n) is 7.08. The fraction of sp³-hybridized carbons (Fsp3) is 0.676. The Kier molecular flexibility index (Phi) is 11.7. The van der Waals surface area contributed by atoms with E-state index in [0.29, 0.717) is 58.1 Å². The van der Waals surface area contributed by atoms with E-state index < -0.39 is 47.6 Å². The zero-order valence-corrected chi connectivity index (χ0v) is 30.0. The van der Waals surface area contributed by atoms with Gasteiger partial charge in [-0.2, -0.15) is 0 Å². The van der Waals surface area contributed by atoms with Gasteiger partial charge in [0.05, 0.1) is 17.9 Å². The van der Waals surface area contributed by atoms with Gasteiger partial charge in [0.1, 0.15) is 34.9 Å². The third-order valence-electron chi connectivity index (χ3n) is 10.2. The van der Waals surface area contributed by atoms with Crippen LogP contribution >= 0.6 is 0 Å². The molecule has 3 rings (SSSR count). The zero-order valence-electron chi connectivity index (χ0n) is 30.0. The van der Waals surface area contributed by atoms with Crippen LogP contribution in [0.25, 0.3) is 0 Å². The van der Waals surface area contributed by atoms with Crippen molar-refractivity contribution in [2.75, 3.05) is 0 Å². The summed E-state index contributed by atoms with van der Waals surface area (Å²) in [5, 5.41) is 12.6. The van der Waals surface area contributed by atoms with E-state index in [1.54, 1.807) is 55.4 Å².